The van der Waals surface area contributed by atoms with E-state index in [2.05, 4.69) is 23.8 Å². The number of unbranched alkanes of at least 4 members (excludes halogenated alkanes) is 19. The minimum absolute atomic E-state index is 0.0376. The Hall–Kier alpha value is -1.32. The zero-order valence-electron chi connectivity index (χ0n) is 25.7. The van der Waals surface area contributed by atoms with Gasteiger partial charge in [0.05, 0.1) is 14.2 Å². The van der Waals surface area contributed by atoms with Gasteiger partial charge in [0, 0.05) is 12.8 Å². The molecule has 0 heterocycles. The van der Waals surface area contributed by atoms with Gasteiger partial charge in [-0.05, 0) is 50.9 Å². The van der Waals surface area contributed by atoms with Gasteiger partial charge < -0.3 is 9.47 Å². The molecule has 38 heavy (non-hydrogen) atoms. The number of rotatable bonds is 29. The summed E-state index contributed by atoms with van der Waals surface area (Å²) in [6, 6.07) is 0. The van der Waals surface area contributed by atoms with Crippen LogP contribution >= 0.6 is 0 Å². The molecule has 0 aliphatic carbocycles. The van der Waals surface area contributed by atoms with E-state index in [4.69, 9.17) is 4.74 Å². The Kier molecular flexibility index (Phi) is 29.2. The predicted molar refractivity (Wildman–Crippen MR) is 162 cm³/mol. The zero-order chi connectivity index (χ0) is 27.9. The lowest BCUT2D eigenvalue weighted by Gasteiger charge is -2.15. The molecule has 1 unspecified atom stereocenters. The van der Waals surface area contributed by atoms with Crippen molar-refractivity contribution in [1.82, 2.24) is 0 Å². The van der Waals surface area contributed by atoms with Crippen molar-refractivity contribution in [3.63, 3.8) is 0 Å². The molecule has 4 heteroatoms. The molecule has 0 radical (unpaired) electrons. The van der Waals surface area contributed by atoms with Crippen molar-refractivity contribution < 1.29 is 19.1 Å². The molecule has 0 bridgehead atoms. The molecular formula is C34H64O4. The van der Waals surface area contributed by atoms with Crippen molar-refractivity contribution in [1.29, 1.82) is 0 Å². The van der Waals surface area contributed by atoms with E-state index < -0.39 is 0 Å². The molecule has 0 rings (SSSR count). The van der Waals surface area contributed by atoms with E-state index in [1.807, 2.05) is 0 Å². The van der Waals surface area contributed by atoms with Gasteiger partial charge in [0.15, 0.2) is 0 Å². The number of esters is 2. The van der Waals surface area contributed by atoms with E-state index in [1.165, 1.54) is 155 Å². The summed E-state index contributed by atoms with van der Waals surface area (Å²) >= 11 is 0. The lowest BCUT2D eigenvalue weighted by atomic mass is 9.91. The Labute approximate surface area is 237 Å². The lowest BCUT2D eigenvalue weighted by Crippen LogP contribution is -2.10. The number of hydrogen-bond acceptors (Lipinski definition) is 4. The first-order valence-electron chi connectivity index (χ1n) is 16.4. The van der Waals surface area contributed by atoms with Crippen LogP contribution in [-0.4, -0.2) is 26.2 Å². The second-order valence-electron chi connectivity index (χ2n) is 11.3. The number of carbonyl (C=O) groups excluding carboxylic acids is 2. The van der Waals surface area contributed by atoms with Crippen LogP contribution in [-0.2, 0) is 19.1 Å². The van der Waals surface area contributed by atoms with E-state index in [0.717, 1.165) is 12.8 Å². The summed E-state index contributed by atoms with van der Waals surface area (Å²) in [5, 5.41) is 0. The minimum Gasteiger partial charge on any atom is -0.469 e. The summed E-state index contributed by atoms with van der Waals surface area (Å²) in [7, 11) is 2.97. The zero-order valence-corrected chi connectivity index (χ0v) is 25.7. The number of hydrogen-bond donors (Lipinski definition) is 0. The fourth-order valence-electron chi connectivity index (χ4n) is 5.21. The highest BCUT2D eigenvalue weighted by molar-refractivity contribution is 5.69. The summed E-state index contributed by atoms with van der Waals surface area (Å²) in [4.78, 5) is 22.9. The SMILES string of the molecule is CCCCCCCCCCCCCC(CCCCCC/C=C\CCCCCCCC(=O)OC)CC(=O)OC. The van der Waals surface area contributed by atoms with Crippen LogP contribution in [0.1, 0.15) is 174 Å². The Morgan fingerprint density at radius 3 is 1.37 bits per heavy atom. The van der Waals surface area contributed by atoms with Crippen molar-refractivity contribution in [2.45, 2.75) is 174 Å². The number of methoxy groups -OCH3 is 2. The van der Waals surface area contributed by atoms with Gasteiger partial charge in [-0.1, -0.05) is 128 Å². The molecule has 0 aromatic heterocycles. The summed E-state index contributed by atoms with van der Waals surface area (Å²) < 4.78 is 9.63. The van der Waals surface area contributed by atoms with Crippen LogP contribution in [0.3, 0.4) is 0 Å². The third-order valence-corrected chi connectivity index (χ3v) is 7.78. The van der Waals surface area contributed by atoms with Crippen LogP contribution in [0.5, 0.6) is 0 Å². The molecule has 0 saturated heterocycles. The average molecular weight is 537 g/mol. The Bertz CT molecular complexity index is 543. The summed E-state index contributed by atoms with van der Waals surface area (Å²) in [5.74, 6) is 0.374. The van der Waals surface area contributed by atoms with Gasteiger partial charge in [-0.2, -0.15) is 0 Å². The molecule has 0 aliphatic heterocycles. The molecule has 0 aliphatic rings. The monoisotopic (exact) mass is 536 g/mol. The van der Waals surface area contributed by atoms with Gasteiger partial charge in [0.2, 0.25) is 0 Å². The summed E-state index contributed by atoms with van der Waals surface area (Å²) in [6.07, 6.45) is 36.5. The molecule has 0 spiro atoms. The van der Waals surface area contributed by atoms with Crippen molar-refractivity contribution >= 4 is 11.9 Å². The van der Waals surface area contributed by atoms with E-state index >= 15 is 0 Å². The smallest absolute Gasteiger partial charge is 0.305 e. The third-order valence-electron chi connectivity index (χ3n) is 7.78. The maximum Gasteiger partial charge on any atom is 0.305 e. The van der Waals surface area contributed by atoms with E-state index in [0.29, 0.717) is 18.8 Å². The first kappa shape index (κ1) is 36.7. The first-order valence-corrected chi connectivity index (χ1v) is 16.4. The fraction of sp³-hybridized carbons (Fsp3) is 0.882. The Balaban J connectivity index is 3.67. The molecule has 0 N–H and O–H groups in total. The van der Waals surface area contributed by atoms with Gasteiger partial charge in [0.1, 0.15) is 0 Å². The van der Waals surface area contributed by atoms with Gasteiger partial charge in [-0.15, -0.1) is 0 Å². The van der Waals surface area contributed by atoms with Crippen LogP contribution in [0, 0.1) is 5.92 Å². The Morgan fingerprint density at radius 2 is 0.921 bits per heavy atom. The molecule has 0 amide bonds. The van der Waals surface area contributed by atoms with E-state index in [-0.39, 0.29) is 11.9 Å². The fourth-order valence-corrected chi connectivity index (χ4v) is 5.21. The van der Waals surface area contributed by atoms with Gasteiger partial charge >= 0.3 is 11.9 Å². The molecule has 0 aromatic carbocycles. The molecule has 1 atom stereocenters. The first-order chi connectivity index (χ1) is 18.6. The molecular weight excluding hydrogens is 472 g/mol. The minimum atomic E-state index is -0.0893. The topological polar surface area (TPSA) is 52.6 Å². The van der Waals surface area contributed by atoms with Gasteiger partial charge in [-0.3, -0.25) is 9.59 Å². The highest BCUT2D eigenvalue weighted by atomic mass is 16.5. The average Bonchev–Trinajstić information content (AvgIpc) is 2.93. The number of allylic oxidation sites excluding steroid dienone is 2. The molecule has 4 nitrogen and oxygen atoms in total. The van der Waals surface area contributed by atoms with E-state index in [9.17, 15) is 9.59 Å². The summed E-state index contributed by atoms with van der Waals surface area (Å²) in [5.41, 5.74) is 0. The van der Waals surface area contributed by atoms with Crippen LogP contribution in [0.4, 0.5) is 0 Å². The van der Waals surface area contributed by atoms with E-state index in [1.54, 1.807) is 0 Å². The van der Waals surface area contributed by atoms with Crippen molar-refractivity contribution in [3.8, 4) is 0 Å². The largest absolute Gasteiger partial charge is 0.469 e. The van der Waals surface area contributed by atoms with Crippen LogP contribution in [0.2, 0.25) is 0 Å². The number of ether oxygens (including phenoxy) is 2. The third kappa shape index (κ3) is 27.7. The molecule has 224 valence electrons. The standard InChI is InChI=1S/C34H64O4/c1-4-5-6-7-8-9-13-16-19-22-25-28-32(31-34(36)38-3)29-26-23-20-17-14-11-10-12-15-18-21-24-27-30-33(35)37-2/h10-11,32H,4-9,12-31H2,1-3H3/b11-10-. The second kappa shape index (κ2) is 30.2. The maximum absolute atomic E-state index is 11.9. The van der Waals surface area contributed by atoms with Crippen molar-refractivity contribution in [2.24, 2.45) is 5.92 Å². The normalized spacial score (nSPS) is 12.2. The lowest BCUT2D eigenvalue weighted by molar-refractivity contribution is -0.142. The van der Waals surface area contributed by atoms with Gasteiger partial charge in [0.25, 0.3) is 0 Å². The highest BCUT2D eigenvalue weighted by Crippen LogP contribution is 2.23. The van der Waals surface area contributed by atoms with Gasteiger partial charge in [-0.25, -0.2) is 0 Å². The second-order valence-corrected chi connectivity index (χ2v) is 11.3. The van der Waals surface area contributed by atoms with Crippen molar-refractivity contribution in [3.05, 3.63) is 12.2 Å². The molecule has 0 fully saturated rings. The maximum atomic E-state index is 11.9. The van der Waals surface area contributed by atoms with Crippen LogP contribution < -0.4 is 0 Å². The number of carbonyl (C=O) groups is 2. The Morgan fingerprint density at radius 1 is 0.526 bits per heavy atom. The molecule has 0 aromatic rings. The van der Waals surface area contributed by atoms with Crippen LogP contribution in [0.15, 0.2) is 12.2 Å². The predicted octanol–water partition coefficient (Wildman–Crippen LogP) is 10.7. The van der Waals surface area contributed by atoms with Crippen molar-refractivity contribution in [2.75, 3.05) is 14.2 Å². The highest BCUT2D eigenvalue weighted by Gasteiger charge is 2.14. The van der Waals surface area contributed by atoms with Crippen LogP contribution in [0.25, 0.3) is 0 Å². The quantitative estimate of drug-likeness (QED) is 0.0542. The molecule has 0 saturated carbocycles. The summed E-state index contributed by atoms with van der Waals surface area (Å²) in [6.45, 7) is 2.28.